The van der Waals surface area contributed by atoms with Crippen LogP contribution in [0.5, 0.6) is 0 Å². The van der Waals surface area contributed by atoms with Crippen LogP contribution in [0.2, 0.25) is 0 Å². The van der Waals surface area contributed by atoms with E-state index in [0.29, 0.717) is 5.95 Å². The highest BCUT2D eigenvalue weighted by atomic mass is 32.1. The molecular formula is C41H24N4S. The lowest BCUT2D eigenvalue weighted by Gasteiger charge is -2.32. The molecule has 0 spiro atoms. The minimum absolute atomic E-state index is 0.665. The van der Waals surface area contributed by atoms with Gasteiger partial charge >= 0.3 is 0 Å². The maximum absolute atomic E-state index is 5.44. The van der Waals surface area contributed by atoms with E-state index in [1.165, 1.54) is 37.4 Å². The number of nitrogens with zero attached hydrogens (tertiary/aromatic N) is 4. The van der Waals surface area contributed by atoms with Gasteiger partial charge in [0.05, 0.1) is 33.0 Å². The van der Waals surface area contributed by atoms with Gasteiger partial charge in [0.25, 0.3) is 0 Å². The lowest BCUT2D eigenvalue weighted by Crippen LogP contribution is -2.18. The van der Waals surface area contributed by atoms with Crippen molar-refractivity contribution < 1.29 is 0 Å². The number of fused-ring (bicyclic) bond motifs is 7. The molecule has 6 aromatic carbocycles. The largest absolute Gasteiger partial charge is 0.278 e. The second-order valence-corrected chi connectivity index (χ2v) is 12.7. The summed E-state index contributed by atoms with van der Waals surface area (Å²) in [7, 11) is 0. The van der Waals surface area contributed by atoms with Crippen molar-refractivity contribution in [2.24, 2.45) is 0 Å². The van der Waals surface area contributed by atoms with Gasteiger partial charge in [0.2, 0.25) is 5.95 Å². The summed E-state index contributed by atoms with van der Waals surface area (Å²) >= 11 is 1.75. The minimum atomic E-state index is 0.665. The van der Waals surface area contributed by atoms with Crippen LogP contribution in [0, 0.1) is 0 Å². The van der Waals surface area contributed by atoms with E-state index < -0.39 is 0 Å². The van der Waals surface area contributed by atoms with E-state index in [2.05, 4.69) is 131 Å². The van der Waals surface area contributed by atoms with Gasteiger partial charge in [-0.1, -0.05) is 109 Å². The second kappa shape index (κ2) is 9.80. The molecule has 4 heterocycles. The normalized spacial score (nSPS) is 12.3. The third kappa shape index (κ3) is 3.69. The zero-order valence-corrected chi connectivity index (χ0v) is 25.4. The van der Waals surface area contributed by atoms with E-state index in [0.717, 1.165) is 49.5 Å². The zero-order chi connectivity index (χ0) is 30.2. The van der Waals surface area contributed by atoms with E-state index in [9.17, 15) is 0 Å². The lowest BCUT2D eigenvalue weighted by molar-refractivity contribution is 1.12. The molecule has 4 nitrogen and oxygen atoms in total. The average molecular weight is 605 g/mol. The summed E-state index contributed by atoms with van der Waals surface area (Å²) < 4.78 is 2.29. The Morgan fingerprint density at radius 1 is 0.543 bits per heavy atom. The molecular weight excluding hydrogens is 581 g/mol. The Kier molecular flexibility index (Phi) is 5.41. The first-order valence-corrected chi connectivity index (χ1v) is 16.2. The van der Waals surface area contributed by atoms with Crippen LogP contribution in [0.1, 0.15) is 0 Å². The van der Waals surface area contributed by atoms with Crippen molar-refractivity contribution in [2.75, 3.05) is 4.90 Å². The van der Waals surface area contributed by atoms with Gasteiger partial charge in [0.1, 0.15) is 0 Å². The molecule has 1 aliphatic rings. The van der Waals surface area contributed by atoms with Crippen LogP contribution >= 0.6 is 11.3 Å². The van der Waals surface area contributed by atoms with Gasteiger partial charge in [-0.3, -0.25) is 9.88 Å². The van der Waals surface area contributed by atoms with Gasteiger partial charge in [0.15, 0.2) is 0 Å². The van der Waals surface area contributed by atoms with Gasteiger partial charge in [-0.2, -0.15) is 0 Å². The van der Waals surface area contributed by atoms with E-state index in [-0.39, 0.29) is 0 Å². The summed E-state index contributed by atoms with van der Waals surface area (Å²) in [6.07, 6.45) is 1.83. The predicted octanol–water partition coefficient (Wildman–Crippen LogP) is 11.3. The first kappa shape index (κ1) is 25.4. The fourth-order valence-corrected chi connectivity index (χ4v) is 8.15. The monoisotopic (exact) mass is 604 g/mol. The molecule has 0 saturated carbocycles. The quantitative estimate of drug-likeness (QED) is 0.201. The third-order valence-corrected chi connectivity index (χ3v) is 10.2. The van der Waals surface area contributed by atoms with Gasteiger partial charge in [0, 0.05) is 38.4 Å². The van der Waals surface area contributed by atoms with Gasteiger partial charge < -0.3 is 0 Å². The van der Waals surface area contributed by atoms with Gasteiger partial charge in [-0.15, -0.1) is 11.3 Å². The smallest absolute Gasteiger partial charge is 0.235 e. The van der Waals surface area contributed by atoms with Crippen molar-refractivity contribution in [3.63, 3.8) is 0 Å². The summed E-state index contributed by atoms with van der Waals surface area (Å²) in [4.78, 5) is 17.7. The Labute approximate surface area is 268 Å². The topological polar surface area (TPSA) is 41.9 Å². The number of hydrogen-bond donors (Lipinski definition) is 0. The number of pyridine rings is 1. The molecule has 1 aliphatic heterocycles. The van der Waals surface area contributed by atoms with E-state index in [1.54, 1.807) is 11.3 Å². The number of hydrogen-bond acceptors (Lipinski definition) is 5. The standard InChI is InChI=1S/C41H24N4S/c1-2-12-29-25(9-1)22-23-34-37(29)31-14-7-10-27-11-8-16-33(36(27)31)45(34)41-43-38(40-39(44-41)30-13-3-4-17-35(30)46-40)28-20-18-26(19-21-28)32-15-5-6-24-42-32/h1-24H. The molecule has 0 N–H and O–H groups in total. The molecule has 9 aromatic rings. The third-order valence-electron chi connectivity index (χ3n) is 9.07. The summed E-state index contributed by atoms with van der Waals surface area (Å²) in [5, 5.41) is 6.00. The van der Waals surface area contributed by atoms with Crippen molar-refractivity contribution in [1.29, 1.82) is 0 Å². The van der Waals surface area contributed by atoms with Gasteiger partial charge in [-0.25, -0.2) is 9.97 Å². The second-order valence-electron chi connectivity index (χ2n) is 11.6. The molecule has 214 valence electrons. The van der Waals surface area contributed by atoms with E-state index in [4.69, 9.17) is 9.97 Å². The van der Waals surface area contributed by atoms with Crippen molar-refractivity contribution in [1.82, 2.24) is 15.0 Å². The maximum Gasteiger partial charge on any atom is 0.235 e. The molecule has 46 heavy (non-hydrogen) atoms. The Morgan fingerprint density at radius 3 is 2.17 bits per heavy atom. The van der Waals surface area contributed by atoms with Crippen LogP contribution in [0.15, 0.2) is 146 Å². The highest BCUT2D eigenvalue weighted by Gasteiger charge is 2.30. The molecule has 5 heteroatoms. The highest BCUT2D eigenvalue weighted by molar-refractivity contribution is 7.26. The Bertz CT molecular complexity index is 2640. The summed E-state index contributed by atoms with van der Waals surface area (Å²) in [5.41, 5.74) is 9.61. The fraction of sp³-hybridized carbons (Fsp3) is 0. The molecule has 0 amide bonds. The van der Waals surface area contributed by atoms with E-state index >= 15 is 0 Å². The molecule has 0 radical (unpaired) electrons. The highest BCUT2D eigenvalue weighted by Crippen LogP contribution is 2.53. The van der Waals surface area contributed by atoms with Gasteiger partial charge in [-0.05, 0) is 52.1 Å². The molecule has 10 rings (SSSR count). The molecule has 0 saturated heterocycles. The van der Waals surface area contributed by atoms with Crippen LogP contribution in [-0.2, 0) is 0 Å². The molecule has 0 unspecified atom stereocenters. The molecule has 0 aliphatic carbocycles. The first-order valence-electron chi connectivity index (χ1n) is 15.4. The van der Waals surface area contributed by atoms with Crippen LogP contribution in [-0.4, -0.2) is 15.0 Å². The lowest BCUT2D eigenvalue weighted by atomic mass is 9.88. The van der Waals surface area contributed by atoms with Crippen LogP contribution in [0.4, 0.5) is 17.3 Å². The Balaban J connectivity index is 1.28. The summed E-state index contributed by atoms with van der Waals surface area (Å²) in [6, 6.07) is 49.4. The first-order chi connectivity index (χ1) is 22.8. The summed E-state index contributed by atoms with van der Waals surface area (Å²) in [5.74, 6) is 0.665. The van der Waals surface area contributed by atoms with Crippen molar-refractivity contribution in [2.45, 2.75) is 0 Å². The average Bonchev–Trinajstić information content (AvgIpc) is 3.50. The summed E-state index contributed by atoms with van der Waals surface area (Å²) in [6.45, 7) is 0. The SMILES string of the molecule is c1ccc(-c2ccc(-c3nc(N4c5ccc6ccccc6c5-c5cccc6cccc4c56)nc4c3sc3ccccc34)cc2)nc1. The number of thiophene rings is 1. The maximum atomic E-state index is 5.44. The van der Waals surface area contributed by atoms with Crippen molar-refractivity contribution >= 4 is 70.5 Å². The van der Waals surface area contributed by atoms with Crippen LogP contribution in [0.25, 0.3) is 75.5 Å². The molecule has 0 fully saturated rings. The predicted molar refractivity (Wildman–Crippen MR) is 192 cm³/mol. The molecule has 0 atom stereocenters. The zero-order valence-electron chi connectivity index (χ0n) is 24.6. The van der Waals surface area contributed by atoms with Crippen LogP contribution in [0.3, 0.4) is 0 Å². The van der Waals surface area contributed by atoms with Crippen molar-refractivity contribution in [3.05, 3.63) is 146 Å². The molecule has 3 aromatic heterocycles. The number of anilines is 3. The number of rotatable bonds is 3. The molecule has 0 bridgehead atoms. The number of benzene rings is 6. The number of aromatic nitrogens is 3. The van der Waals surface area contributed by atoms with Crippen molar-refractivity contribution in [3.8, 4) is 33.6 Å². The van der Waals surface area contributed by atoms with E-state index in [1.807, 2.05) is 24.4 Å². The van der Waals surface area contributed by atoms with Crippen LogP contribution < -0.4 is 4.90 Å². The Morgan fingerprint density at radius 2 is 1.30 bits per heavy atom. The fourth-order valence-electron chi connectivity index (χ4n) is 7.00. The Hall–Kier alpha value is -5.91. The minimum Gasteiger partial charge on any atom is -0.278 e.